The number of amides is 2. The Kier molecular flexibility index (Phi) is 7.02. The van der Waals surface area contributed by atoms with E-state index in [1.807, 2.05) is 13.0 Å². The van der Waals surface area contributed by atoms with E-state index in [0.29, 0.717) is 17.5 Å². The number of carbonyl (C=O) groups is 3. The van der Waals surface area contributed by atoms with E-state index in [1.165, 1.54) is 12.0 Å². The van der Waals surface area contributed by atoms with Gasteiger partial charge < -0.3 is 14.4 Å². The van der Waals surface area contributed by atoms with Gasteiger partial charge in [-0.2, -0.15) is 0 Å². The Morgan fingerprint density at radius 2 is 1.97 bits per heavy atom. The van der Waals surface area contributed by atoms with Crippen molar-refractivity contribution in [2.75, 3.05) is 33.4 Å². The molecular formula is C24H28ClN3O5. The number of hydrogen-bond acceptors (Lipinski definition) is 6. The number of pyridine rings is 1. The molecule has 2 aliphatic rings. The Hall–Kier alpha value is -2.87. The molecule has 2 heterocycles. The molecule has 0 bridgehead atoms. The number of carbonyl (C=O) groups excluding carboxylic acids is 3. The van der Waals surface area contributed by atoms with Gasteiger partial charge in [-0.05, 0) is 49.8 Å². The van der Waals surface area contributed by atoms with Crippen molar-refractivity contribution in [1.82, 2.24) is 14.8 Å². The summed E-state index contributed by atoms with van der Waals surface area (Å²) in [7, 11) is 1.26. The van der Waals surface area contributed by atoms with Gasteiger partial charge in [0.15, 0.2) is 6.04 Å². The summed E-state index contributed by atoms with van der Waals surface area (Å²) in [5, 5.41) is 1.56. The van der Waals surface area contributed by atoms with Gasteiger partial charge in [-0.1, -0.05) is 24.6 Å². The van der Waals surface area contributed by atoms with Crippen LogP contribution in [0.2, 0.25) is 5.02 Å². The second-order valence-corrected chi connectivity index (χ2v) is 8.77. The lowest BCUT2D eigenvalue weighted by molar-refractivity contribution is -0.148. The maximum atomic E-state index is 13.3. The van der Waals surface area contributed by atoms with Crippen molar-refractivity contribution in [3.05, 3.63) is 40.0 Å². The highest BCUT2D eigenvalue weighted by Gasteiger charge is 2.38. The Labute approximate surface area is 197 Å². The van der Waals surface area contributed by atoms with Crippen LogP contribution in [-0.4, -0.2) is 72.1 Å². The molecule has 2 aromatic rings. The van der Waals surface area contributed by atoms with Crippen molar-refractivity contribution < 1.29 is 23.9 Å². The number of hydrogen-bond donors (Lipinski definition) is 0. The van der Waals surface area contributed by atoms with Gasteiger partial charge in [-0.25, -0.2) is 9.59 Å². The third-order valence-corrected chi connectivity index (χ3v) is 6.68. The molecule has 1 fully saturated rings. The summed E-state index contributed by atoms with van der Waals surface area (Å²) in [5.41, 5.74) is 3.28. The summed E-state index contributed by atoms with van der Waals surface area (Å²) in [6.45, 7) is 2.65. The average molecular weight is 474 g/mol. The zero-order valence-corrected chi connectivity index (χ0v) is 19.7. The van der Waals surface area contributed by atoms with Crippen molar-refractivity contribution in [2.45, 2.75) is 45.1 Å². The van der Waals surface area contributed by atoms with E-state index in [1.54, 1.807) is 17.0 Å². The van der Waals surface area contributed by atoms with E-state index in [4.69, 9.17) is 26.1 Å². The smallest absolute Gasteiger partial charge is 0.410 e. The molecule has 4 rings (SSSR count). The Bertz CT molecular complexity index is 1090. The number of piperazine rings is 1. The molecule has 1 aliphatic carbocycles. The molecule has 33 heavy (non-hydrogen) atoms. The van der Waals surface area contributed by atoms with Gasteiger partial charge in [0, 0.05) is 29.7 Å². The standard InChI is InChI=1S/C24H28ClN3O5/c1-3-12-33-24(31)28-11-10-27(14-20(28)23(30)32-2)22(29)15-8-9-17-19(13-15)26-18-7-5-4-6-16(18)21(17)25/h8-9,13,20H,3-7,10-12,14H2,1-2H3. The number of benzene rings is 1. The molecule has 1 aromatic heterocycles. The number of methoxy groups -OCH3 is 1. The SMILES string of the molecule is CCCOC(=O)N1CCN(C(=O)c2ccc3c(Cl)c4c(nc3c2)CCCC4)CC1C(=O)OC. The van der Waals surface area contributed by atoms with Gasteiger partial charge in [-0.15, -0.1) is 0 Å². The van der Waals surface area contributed by atoms with Crippen LogP contribution in [0.3, 0.4) is 0 Å². The molecule has 0 spiro atoms. The average Bonchev–Trinajstić information content (AvgIpc) is 2.85. The maximum Gasteiger partial charge on any atom is 0.410 e. The van der Waals surface area contributed by atoms with Crippen molar-refractivity contribution in [1.29, 1.82) is 0 Å². The van der Waals surface area contributed by atoms with Crippen LogP contribution in [0.15, 0.2) is 18.2 Å². The van der Waals surface area contributed by atoms with Gasteiger partial charge in [0.2, 0.25) is 0 Å². The number of aryl methyl sites for hydroxylation is 1. The predicted octanol–water partition coefficient (Wildman–Crippen LogP) is 3.61. The van der Waals surface area contributed by atoms with Gasteiger partial charge in [0.1, 0.15) is 0 Å². The second kappa shape index (κ2) is 9.95. The van der Waals surface area contributed by atoms with Crippen LogP contribution in [0.4, 0.5) is 4.79 Å². The van der Waals surface area contributed by atoms with E-state index < -0.39 is 18.1 Å². The molecule has 8 nitrogen and oxygen atoms in total. The van der Waals surface area contributed by atoms with Crippen molar-refractivity contribution in [2.24, 2.45) is 0 Å². The van der Waals surface area contributed by atoms with E-state index in [2.05, 4.69) is 0 Å². The number of nitrogens with zero attached hydrogens (tertiary/aromatic N) is 3. The summed E-state index contributed by atoms with van der Waals surface area (Å²) in [6, 6.07) is 4.41. The minimum atomic E-state index is -0.919. The molecule has 9 heteroatoms. The third kappa shape index (κ3) is 4.62. The highest BCUT2D eigenvalue weighted by atomic mass is 35.5. The molecule has 0 radical (unpaired) electrons. The van der Waals surface area contributed by atoms with E-state index in [-0.39, 0.29) is 32.1 Å². The molecule has 1 atom stereocenters. The number of aromatic nitrogens is 1. The largest absolute Gasteiger partial charge is 0.467 e. The Morgan fingerprint density at radius 1 is 1.18 bits per heavy atom. The van der Waals surface area contributed by atoms with E-state index in [0.717, 1.165) is 47.3 Å². The van der Waals surface area contributed by atoms with E-state index >= 15 is 0 Å². The third-order valence-electron chi connectivity index (χ3n) is 6.25. The minimum absolute atomic E-state index is 0.0309. The molecular weight excluding hydrogens is 446 g/mol. The topological polar surface area (TPSA) is 89.0 Å². The lowest BCUT2D eigenvalue weighted by Gasteiger charge is -2.39. The van der Waals surface area contributed by atoms with Crippen LogP contribution in [-0.2, 0) is 27.1 Å². The molecule has 1 saturated heterocycles. The molecule has 1 aliphatic heterocycles. The van der Waals surface area contributed by atoms with Crippen molar-refractivity contribution in [3.8, 4) is 0 Å². The molecule has 2 amide bonds. The van der Waals surface area contributed by atoms with Gasteiger partial charge in [0.25, 0.3) is 5.91 Å². The fraction of sp³-hybridized carbons (Fsp3) is 0.500. The normalized spacial score (nSPS) is 18.1. The first-order valence-corrected chi connectivity index (χ1v) is 11.7. The Morgan fingerprint density at radius 3 is 2.73 bits per heavy atom. The predicted molar refractivity (Wildman–Crippen MR) is 123 cm³/mol. The van der Waals surface area contributed by atoms with Crippen molar-refractivity contribution in [3.63, 3.8) is 0 Å². The quantitative estimate of drug-likeness (QED) is 0.630. The number of halogens is 1. The highest BCUT2D eigenvalue weighted by Crippen LogP contribution is 2.33. The van der Waals surface area contributed by atoms with Crippen LogP contribution in [0.5, 0.6) is 0 Å². The number of ether oxygens (including phenoxy) is 2. The Balaban J connectivity index is 1.57. The zero-order chi connectivity index (χ0) is 23.5. The van der Waals surface area contributed by atoms with Gasteiger partial charge >= 0.3 is 12.1 Å². The molecule has 176 valence electrons. The number of rotatable bonds is 4. The lowest BCUT2D eigenvalue weighted by Crippen LogP contribution is -2.59. The monoisotopic (exact) mass is 473 g/mol. The maximum absolute atomic E-state index is 13.3. The minimum Gasteiger partial charge on any atom is -0.467 e. The van der Waals surface area contributed by atoms with Crippen LogP contribution in [0.25, 0.3) is 10.9 Å². The van der Waals surface area contributed by atoms with Crippen molar-refractivity contribution >= 4 is 40.5 Å². The summed E-state index contributed by atoms with van der Waals surface area (Å²) in [5.74, 6) is -0.817. The summed E-state index contributed by atoms with van der Waals surface area (Å²) in [6.07, 6.45) is 4.11. The lowest BCUT2D eigenvalue weighted by atomic mass is 9.94. The highest BCUT2D eigenvalue weighted by molar-refractivity contribution is 6.36. The van der Waals surface area contributed by atoms with Crippen LogP contribution < -0.4 is 0 Å². The molecule has 1 aromatic carbocycles. The fourth-order valence-corrected chi connectivity index (χ4v) is 4.84. The van der Waals surface area contributed by atoms with Crippen LogP contribution in [0, 0.1) is 0 Å². The number of fused-ring (bicyclic) bond motifs is 2. The first-order valence-electron chi connectivity index (χ1n) is 11.4. The number of esters is 1. The van der Waals surface area contributed by atoms with Gasteiger partial charge in [0.05, 0.1) is 30.8 Å². The van der Waals surface area contributed by atoms with Gasteiger partial charge in [-0.3, -0.25) is 14.7 Å². The first-order chi connectivity index (χ1) is 15.9. The second-order valence-electron chi connectivity index (χ2n) is 8.39. The first kappa shape index (κ1) is 23.3. The zero-order valence-electron chi connectivity index (χ0n) is 18.9. The van der Waals surface area contributed by atoms with Crippen LogP contribution >= 0.6 is 11.6 Å². The summed E-state index contributed by atoms with van der Waals surface area (Å²) >= 11 is 6.66. The van der Waals surface area contributed by atoms with E-state index in [9.17, 15) is 14.4 Å². The molecule has 0 saturated carbocycles. The molecule has 1 unspecified atom stereocenters. The summed E-state index contributed by atoms with van der Waals surface area (Å²) < 4.78 is 10.1. The fourth-order valence-electron chi connectivity index (χ4n) is 4.48. The molecule has 0 N–H and O–H groups in total. The summed E-state index contributed by atoms with van der Waals surface area (Å²) in [4.78, 5) is 45.8. The van der Waals surface area contributed by atoms with Crippen LogP contribution in [0.1, 0.15) is 47.8 Å².